The van der Waals surface area contributed by atoms with Crippen LogP contribution in [0, 0.1) is 17.2 Å². The molecule has 16 nitrogen and oxygen atoms in total. The molecule has 59 heavy (non-hydrogen) atoms. The van der Waals surface area contributed by atoms with Gasteiger partial charge in [0, 0.05) is 57.7 Å². The Morgan fingerprint density at radius 2 is 1.53 bits per heavy atom. The van der Waals surface area contributed by atoms with Crippen molar-refractivity contribution in [3.05, 3.63) is 89.5 Å². The van der Waals surface area contributed by atoms with Crippen molar-refractivity contribution in [2.75, 3.05) is 52.9 Å². The van der Waals surface area contributed by atoms with Gasteiger partial charge >= 0.3 is 18.0 Å². The zero-order chi connectivity index (χ0) is 42.5. The second kappa shape index (κ2) is 20.9. The molecular weight excluding hydrogens is 759 g/mol. The Hall–Kier alpha value is -6.32. The molecule has 2 aromatic carbocycles. The molecule has 3 fully saturated rings. The molecule has 0 bridgehead atoms. The van der Waals surface area contributed by atoms with Crippen LogP contribution in [0.15, 0.2) is 78.4 Å². The number of hydrogen-bond donors (Lipinski definition) is 4. The predicted molar refractivity (Wildman–Crippen MR) is 218 cm³/mol. The minimum Gasteiger partial charge on any atom is -0.480 e. The number of carbonyl (C=O) groups excluding carboxylic acids is 6. The van der Waals surface area contributed by atoms with Crippen LogP contribution < -0.4 is 11.1 Å². The van der Waals surface area contributed by atoms with Crippen LogP contribution in [0.4, 0.5) is 4.79 Å². The van der Waals surface area contributed by atoms with E-state index >= 15 is 0 Å². The van der Waals surface area contributed by atoms with E-state index in [1.165, 1.54) is 28.7 Å². The van der Waals surface area contributed by atoms with Gasteiger partial charge < -0.3 is 35.6 Å². The maximum absolute atomic E-state index is 13.2. The van der Waals surface area contributed by atoms with E-state index in [0.717, 1.165) is 24.2 Å². The zero-order valence-corrected chi connectivity index (χ0v) is 33.3. The average Bonchev–Trinajstić information content (AvgIpc) is 3.74. The molecule has 2 aromatic rings. The van der Waals surface area contributed by atoms with Crippen molar-refractivity contribution in [1.82, 2.24) is 24.9 Å². The molecule has 3 atom stereocenters. The fraction of sp³-hybridized carbons (Fsp3) is 0.442. The zero-order valence-electron chi connectivity index (χ0n) is 33.3. The quantitative estimate of drug-likeness (QED) is 0.0755. The van der Waals surface area contributed by atoms with Gasteiger partial charge in [-0.2, -0.15) is 0 Å². The summed E-state index contributed by atoms with van der Waals surface area (Å²) >= 11 is 0. The Morgan fingerprint density at radius 1 is 0.864 bits per heavy atom. The molecule has 3 saturated heterocycles. The SMILES string of the molecule is COC(=O)CCC(=O)NCC(=O)c1ccccc1.N=C(N)N1CCCC(C[C@H]2C(=O)N(C(=O)N3CCN(C(=O)CCC4=CC=C(c5ccccc5)C4)CC3)C2C(=O)O)C1. The highest BCUT2D eigenvalue weighted by molar-refractivity contribution is 6.07. The summed E-state index contributed by atoms with van der Waals surface area (Å²) in [6.45, 7) is 2.33. The number of allylic oxidation sites excluding steroid dienone is 4. The first-order valence-electron chi connectivity index (χ1n) is 19.9. The highest BCUT2D eigenvalue weighted by Crippen LogP contribution is 2.36. The molecule has 5 N–H and O–H groups in total. The summed E-state index contributed by atoms with van der Waals surface area (Å²) in [6.07, 6.45) is 8.15. The summed E-state index contributed by atoms with van der Waals surface area (Å²) in [5.41, 5.74) is 9.82. The van der Waals surface area contributed by atoms with Gasteiger partial charge in [0.25, 0.3) is 0 Å². The van der Waals surface area contributed by atoms with E-state index < -0.39 is 35.8 Å². The second-order valence-corrected chi connectivity index (χ2v) is 15.0. The maximum Gasteiger partial charge on any atom is 0.327 e. The van der Waals surface area contributed by atoms with Crippen molar-refractivity contribution in [1.29, 1.82) is 5.41 Å². The summed E-state index contributed by atoms with van der Waals surface area (Å²) in [4.78, 5) is 90.8. The largest absolute Gasteiger partial charge is 0.480 e. The number of β-lactam (4-membered cyclic amide) rings is 1. The van der Waals surface area contributed by atoms with Crippen molar-refractivity contribution in [3.63, 3.8) is 0 Å². The van der Waals surface area contributed by atoms with Crippen LogP contribution in [0.3, 0.4) is 0 Å². The maximum atomic E-state index is 13.2. The number of nitrogens with one attached hydrogen (secondary N) is 2. The van der Waals surface area contributed by atoms with Crippen LogP contribution >= 0.6 is 0 Å². The molecule has 1 aliphatic carbocycles. The lowest BCUT2D eigenvalue weighted by molar-refractivity contribution is -0.167. The number of carboxylic acid groups (broad SMARTS) is 1. The number of nitrogens with two attached hydrogens (primary N) is 1. The minimum atomic E-state index is -1.20. The van der Waals surface area contributed by atoms with Crippen molar-refractivity contribution >= 4 is 53.0 Å². The Morgan fingerprint density at radius 3 is 2.17 bits per heavy atom. The summed E-state index contributed by atoms with van der Waals surface area (Å²) < 4.78 is 4.41. The fourth-order valence-electron chi connectivity index (χ4n) is 7.75. The van der Waals surface area contributed by atoms with Gasteiger partial charge in [0.05, 0.1) is 26.0 Å². The second-order valence-electron chi connectivity index (χ2n) is 15.0. The number of nitrogens with zero attached hydrogens (tertiary/aromatic N) is 4. The number of rotatable bonds is 13. The van der Waals surface area contributed by atoms with Crippen molar-refractivity contribution in [2.45, 2.75) is 57.4 Å². The number of carboxylic acids is 1. The van der Waals surface area contributed by atoms with Gasteiger partial charge in [0.15, 0.2) is 17.8 Å². The molecule has 0 aromatic heterocycles. The number of benzene rings is 2. The summed E-state index contributed by atoms with van der Waals surface area (Å²) in [5.74, 6) is -3.33. The van der Waals surface area contributed by atoms with E-state index in [9.17, 15) is 38.7 Å². The molecule has 0 saturated carbocycles. The summed E-state index contributed by atoms with van der Waals surface area (Å²) in [7, 11) is 1.26. The molecule has 0 radical (unpaired) electrons. The van der Waals surface area contributed by atoms with Crippen LogP contribution in [0.5, 0.6) is 0 Å². The van der Waals surface area contributed by atoms with E-state index in [1.54, 1.807) is 34.1 Å². The average molecular weight is 812 g/mol. The number of piperidine rings is 1. The third-order valence-corrected chi connectivity index (χ3v) is 11.1. The molecule has 16 heteroatoms. The van der Waals surface area contributed by atoms with Crippen LogP contribution in [0.2, 0.25) is 0 Å². The number of ether oxygens (including phenoxy) is 1. The Balaban J connectivity index is 0.000000309. The van der Waals surface area contributed by atoms with Crippen molar-refractivity contribution in [3.8, 4) is 0 Å². The van der Waals surface area contributed by atoms with Gasteiger partial charge in [-0.05, 0) is 49.2 Å². The first-order valence-corrected chi connectivity index (χ1v) is 19.9. The van der Waals surface area contributed by atoms with E-state index in [-0.39, 0.29) is 62.0 Å². The molecule has 6 rings (SSSR count). The number of imide groups is 1. The van der Waals surface area contributed by atoms with Crippen molar-refractivity contribution < 1.29 is 43.4 Å². The third-order valence-electron chi connectivity index (χ3n) is 11.1. The lowest BCUT2D eigenvalue weighted by Gasteiger charge is -2.47. The number of ketones is 1. The number of hydrogen-bond acceptors (Lipinski definition) is 9. The predicted octanol–water partition coefficient (Wildman–Crippen LogP) is 3.29. The van der Waals surface area contributed by atoms with E-state index in [0.29, 0.717) is 51.0 Å². The van der Waals surface area contributed by atoms with Crippen LogP contribution in [0.1, 0.15) is 67.3 Å². The number of methoxy groups -OCH3 is 1. The number of likely N-dealkylation sites (tertiary alicyclic amines) is 2. The highest BCUT2D eigenvalue weighted by Gasteiger charge is 2.56. The molecular formula is C43H53N7O9. The lowest BCUT2D eigenvalue weighted by Crippen LogP contribution is -2.70. The first-order chi connectivity index (χ1) is 28.4. The standard InChI is InChI=1S/C30H38N6O5.C13H15NO4/c31-29(32)35-12-4-5-21(19-35)18-24-26(28(39)40)36(27(24)38)30(41)34-15-13-33(14-16-34)25(37)11-9-20-8-10-23(17-20)22-6-2-1-3-7-22;1-18-13(17)8-7-12(16)14-9-11(15)10-5-3-2-4-6-10/h1-3,6-8,10,21,24,26H,4-5,9,11-19H2,(H3,31,32)(H,39,40);2-6H,7-9H2,1H3,(H,14,16)/t21?,24-,26?;/m1./s1. The molecule has 0 spiro atoms. The molecule has 4 aliphatic rings. The third kappa shape index (κ3) is 11.9. The number of aliphatic carboxylic acids is 1. The van der Waals surface area contributed by atoms with E-state index in [1.807, 2.05) is 24.3 Å². The van der Waals surface area contributed by atoms with Gasteiger partial charge in [-0.25, -0.2) is 14.5 Å². The number of guanidine groups is 1. The topological polar surface area (TPSA) is 224 Å². The number of urea groups is 1. The van der Waals surface area contributed by atoms with E-state index in [2.05, 4.69) is 34.3 Å². The Kier molecular flexibility index (Phi) is 15.5. The molecule has 314 valence electrons. The number of piperazine rings is 1. The number of carbonyl (C=O) groups is 7. The number of amides is 5. The van der Waals surface area contributed by atoms with E-state index in [4.69, 9.17) is 11.1 Å². The summed E-state index contributed by atoms with van der Waals surface area (Å²) in [5, 5.41) is 20.0. The first kappa shape index (κ1) is 43.8. The lowest BCUT2D eigenvalue weighted by atomic mass is 9.78. The van der Waals surface area contributed by atoms with Gasteiger partial charge in [-0.3, -0.25) is 29.4 Å². The highest BCUT2D eigenvalue weighted by atomic mass is 16.5. The van der Waals surface area contributed by atoms with Crippen LogP contribution in [0.25, 0.3) is 5.57 Å². The van der Waals surface area contributed by atoms with Crippen LogP contribution in [-0.4, -0.2) is 131 Å². The van der Waals surface area contributed by atoms with Crippen molar-refractivity contribution in [2.24, 2.45) is 17.6 Å². The Bertz CT molecular complexity index is 1940. The molecule has 3 heterocycles. The minimum absolute atomic E-state index is 0.0157. The van der Waals surface area contributed by atoms with Gasteiger partial charge in [-0.1, -0.05) is 78.4 Å². The smallest absolute Gasteiger partial charge is 0.327 e. The molecule has 2 unspecified atom stereocenters. The number of Topliss-reactive ketones (excluding diaryl/α,β-unsaturated/α-hetero) is 1. The molecule has 5 amide bonds. The summed E-state index contributed by atoms with van der Waals surface area (Å²) in [6, 6.07) is 17.1. The monoisotopic (exact) mass is 811 g/mol. The Labute approximate surface area is 343 Å². The van der Waals surface area contributed by atoms with Gasteiger partial charge in [0.2, 0.25) is 17.7 Å². The van der Waals surface area contributed by atoms with Gasteiger partial charge in [-0.15, -0.1) is 0 Å². The number of esters is 1. The normalized spacial score (nSPS) is 19.9. The fourth-order valence-corrected chi connectivity index (χ4v) is 7.75. The van der Waals surface area contributed by atoms with Crippen LogP contribution in [-0.2, 0) is 28.7 Å². The molecule has 3 aliphatic heterocycles. The van der Waals surface area contributed by atoms with Gasteiger partial charge in [0.1, 0.15) is 0 Å².